The summed E-state index contributed by atoms with van der Waals surface area (Å²) < 4.78 is 33.3. The van der Waals surface area contributed by atoms with E-state index in [-0.39, 0.29) is 12.8 Å². The van der Waals surface area contributed by atoms with E-state index in [1.807, 2.05) is 42.5 Å². The van der Waals surface area contributed by atoms with Gasteiger partial charge in [0.2, 0.25) is 0 Å². The number of carbonyl (C=O) groups excluding carboxylic acids is 2. The molecule has 15 heteroatoms. The summed E-state index contributed by atoms with van der Waals surface area (Å²) in [6.45, 7) is 3.02. The highest BCUT2D eigenvalue weighted by Gasteiger charge is 2.51. The summed E-state index contributed by atoms with van der Waals surface area (Å²) in [5.74, 6) is -1.22. The molecule has 9 atom stereocenters. The highest BCUT2D eigenvalue weighted by Crippen LogP contribution is 2.47. The van der Waals surface area contributed by atoms with Crippen LogP contribution in [0.2, 0.25) is 0 Å². The monoisotopic (exact) mass is 870 g/mol. The molecule has 0 heterocycles. The van der Waals surface area contributed by atoms with Gasteiger partial charge in [0.05, 0.1) is 12.7 Å². The molecule has 3 unspecified atom stereocenters. The van der Waals surface area contributed by atoms with Crippen molar-refractivity contribution >= 4 is 19.8 Å². The van der Waals surface area contributed by atoms with Crippen LogP contribution in [0.3, 0.4) is 0 Å². The molecule has 0 aromatic rings. The molecule has 7 N–H and O–H groups in total. The molecule has 0 bridgehead atoms. The predicted octanol–water partition coefficient (Wildman–Crippen LogP) is 6.91. The van der Waals surface area contributed by atoms with Crippen LogP contribution in [-0.2, 0) is 32.7 Å². The summed E-state index contributed by atoms with van der Waals surface area (Å²) in [5, 5.41) is 60.0. The molecule has 0 aromatic heterocycles. The Balaban J connectivity index is 2.57. The molecule has 1 rings (SSSR count). The predicted molar refractivity (Wildman–Crippen MR) is 231 cm³/mol. The molecule has 0 amide bonds. The van der Waals surface area contributed by atoms with Gasteiger partial charge in [-0.3, -0.25) is 18.6 Å². The van der Waals surface area contributed by atoms with Crippen molar-refractivity contribution < 1.29 is 68.2 Å². The zero-order valence-electron chi connectivity index (χ0n) is 35.8. The molecule has 1 fully saturated rings. The van der Waals surface area contributed by atoms with E-state index in [1.165, 1.54) is 0 Å². The van der Waals surface area contributed by atoms with E-state index in [9.17, 15) is 49.7 Å². The van der Waals surface area contributed by atoms with Crippen LogP contribution in [0.5, 0.6) is 0 Å². The van der Waals surface area contributed by atoms with Gasteiger partial charge >= 0.3 is 19.8 Å². The first kappa shape index (κ1) is 55.3. The number of esters is 2. The minimum atomic E-state index is -5.15. The third-order valence-electron chi connectivity index (χ3n) is 9.61. The van der Waals surface area contributed by atoms with E-state index < -0.39 is 81.8 Å². The first-order valence-electron chi connectivity index (χ1n) is 21.8. The number of phosphoric acid groups is 1. The first-order valence-corrected chi connectivity index (χ1v) is 23.3. The average molecular weight is 871 g/mol. The number of ether oxygens (including phenoxy) is 2. The molecule has 1 saturated carbocycles. The molecule has 0 spiro atoms. The average Bonchev–Trinajstić information content (AvgIpc) is 3.22. The highest BCUT2D eigenvalue weighted by atomic mass is 31.2. The van der Waals surface area contributed by atoms with Gasteiger partial charge in [0, 0.05) is 12.8 Å². The second kappa shape index (κ2) is 34.8. The van der Waals surface area contributed by atoms with E-state index in [4.69, 9.17) is 18.5 Å². The number of carbonyl (C=O) groups is 2. The number of hydrogen-bond donors (Lipinski definition) is 7. The maximum Gasteiger partial charge on any atom is 0.472 e. The Morgan fingerprint density at radius 2 is 1.15 bits per heavy atom. The van der Waals surface area contributed by atoms with E-state index in [1.54, 1.807) is 6.08 Å². The van der Waals surface area contributed by atoms with E-state index in [2.05, 4.69) is 38.2 Å². The van der Waals surface area contributed by atoms with Gasteiger partial charge in [0.15, 0.2) is 6.10 Å². The van der Waals surface area contributed by atoms with Crippen LogP contribution in [0.15, 0.2) is 72.9 Å². The van der Waals surface area contributed by atoms with Crippen molar-refractivity contribution in [2.24, 2.45) is 0 Å². The van der Waals surface area contributed by atoms with Crippen molar-refractivity contribution in [1.29, 1.82) is 0 Å². The van der Waals surface area contributed by atoms with Gasteiger partial charge in [-0.25, -0.2) is 4.57 Å². The first-order chi connectivity index (χ1) is 28.8. The van der Waals surface area contributed by atoms with Crippen LogP contribution in [0.4, 0.5) is 0 Å². The third kappa shape index (κ3) is 27.2. The maximum atomic E-state index is 12.8. The van der Waals surface area contributed by atoms with Crippen molar-refractivity contribution in [3.63, 3.8) is 0 Å². The van der Waals surface area contributed by atoms with Crippen molar-refractivity contribution in [2.45, 2.75) is 185 Å². The van der Waals surface area contributed by atoms with Gasteiger partial charge in [-0.1, -0.05) is 132 Å². The van der Waals surface area contributed by atoms with Crippen LogP contribution in [0.25, 0.3) is 0 Å². The number of hydrogen-bond acceptors (Lipinski definition) is 13. The zero-order valence-corrected chi connectivity index (χ0v) is 36.7. The van der Waals surface area contributed by atoms with Crippen LogP contribution >= 0.6 is 7.82 Å². The Labute approximate surface area is 358 Å². The fourth-order valence-corrected chi connectivity index (χ4v) is 6.99. The number of phosphoric ester groups is 1. The topological polar surface area (TPSA) is 230 Å². The molecule has 1 aliphatic rings. The van der Waals surface area contributed by atoms with Gasteiger partial charge < -0.3 is 45.0 Å². The summed E-state index contributed by atoms with van der Waals surface area (Å²) in [4.78, 5) is 35.6. The molecule has 14 nitrogen and oxygen atoms in total. The maximum absolute atomic E-state index is 12.8. The van der Waals surface area contributed by atoms with Gasteiger partial charge in [-0.05, 0) is 64.2 Å². The smallest absolute Gasteiger partial charge is 0.462 e. The Morgan fingerprint density at radius 1 is 0.600 bits per heavy atom. The van der Waals surface area contributed by atoms with Gasteiger partial charge in [0.1, 0.15) is 43.2 Å². The number of rotatable bonds is 34. The number of aliphatic hydroxyl groups excluding tert-OH is 6. The molecule has 0 saturated heterocycles. The zero-order chi connectivity index (χ0) is 44.4. The number of unbranched alkanes of at least 4 members (excludes halogenated alkanes) is 9. The van der Waals surface area contributed by atoms with E-state index in [0.717, 1.165) is 83.5 Å². The molecule has 0 aliphatic heterocycles. The molecule has 0 radical (unpaired) electrons. The summed E-state index contributed by atoms with van der Waals surface area (Å²) in [6.07, 6.45) is 25.8. The summed E-state index contributed by atoms with van der Waals surface area (Å²) in [5.41, 5.74) is 0. The molecular formula is C45H75O14P. The Kier molecular flexibility index (Phi) is 32.0. The van der Waals surface area contributed by atoms with Gasteiger partial charge in [0.25, 0.3) is 0 Å². The second-order valence-corrected chi connectivity index (χ2v) is 16.4. The van der Waals surface area contributed by atoms with Crippen LogP contribution in [0, 0.1) is 0 Å². The number of allylic oxidation sites excluding steroid dienone is 11. The van der Waals surface area contributed by atoms with E-state index >= 15 is 0 Å². The second-order valence-electron chi connectivity index (χ2n) is 15.0. The fraction of sp³-hybridized carbons (Fsp3) is 0.689. The van der Waals surface area contributed by atoms with Crippen LogP contribution < -0.4 is 0 Å². The van der Waals surface area contributed by atoms with Crippen LogP contribution in [-0.4, -0.2) is 110 Å². The normalized spacial score (nSPS) is 23.4. The molecule has 60 heavy (non-hydrogen) atoms. The fourth-order valence-electron chi connectivity index (χ4n) is 6.01. The standard InChI is InChI=1S/C45H75O14P/c1-3-5-7-8-9-10-11-12-15-18-21-24-28-32-38(47)56-34-37(35-57-60(54,55)59-45-43(52)41(50)40(49)42(51)44(45)53)58-39(48)33-29-25-22-19-16-13-14-17-20-23-27-31-36(46)30-26-6-4-2/h7-8,10-11,13-14,19-20,22-23,27,31,36-37,40-46,49-53H,3-6,9,12,15-18,21,24-26,28-30,32-35H2,1-2H3,(H,54,55)/b8-7-,11-10-,14-13-,22-19-,23-20-,31-27+/t36-,37+,40?,41-,42+,43+,44+,45?/m0/s1. The summed E-state index contributed by atoms with van der Waals surface area (Å²) in [6, 6.07) is 0. The lowest BCUT2D eigenvalue weighted by atomic mass is 9.85. The minimum Gasteiger partial charge on any atom is -0.462 e. The summed E-state index contributed by atoms with van der Waals surface area (Å²) >= 11 is 0. The SMILES string of the molecule is CCC/C=C\C/C=C\CCCCCCCC(=O)OC[C@H](COP(=O)(O)OC1[C@H](O)[C@H](O)C(O)[C@H](O)[C@H]1O)OC(=O)CCC/C=C\C/C=C\C/C=C\C=C\[C@@H](O)CCCCC. The minimum absolute atomic E-state index is 0.00607. The molecule has 1 aliphatic carbocycles. The molecular weight excluding hydrogens is 795 g/mol. The Morgan fingerprint density at radius 3 is 1.80 bits per heavy atom. The number of aliphatic hydroxyl groups is 6. The highest BCUT2D eigenvalue weighted by molar-refractivity contribution is 7.47. The van der Waals surface area contributed by atoms with E-state index in [0.29, 0.717) is 25.7 Å². The largest absolute Gasteiger partial charge is 0.472 e. The van der Waals surface area contributed by atoms with Crippen molar-refractivity contribution in [3.05, 3.63) is 72.9 Å². The third-order valence-corrected chi connectivity index (χ3v) is 10.6. The lowest BCUT2D eigenvalue weighted by Gasteiger charge is -2.41. The Bertz CT molecular complexity index is 1340. The van der Waals surface area contributed by atoms with Crippen molar-refractivity contribution in [2.75, 3.05) is 13.2 Å². The molecule has 344 valence electrons. The van der Waals surface area contributed by atoms with Crippen LogP contribution in [0.1, 0.15) is 136 Å². The van der Waals surface area contributed by atoms with Crippen molar-refractivity contribution in [3.8, 4) is 0 Å². The van der Waals surface area contributed by atoms with Gasteiger partial charge in [-0.15, -0.1) is 0 Å². The van der Waals surface area contributed by atoms with Crippen molar-refractivity contribution in [1.82, 2.24) is 0 Å². The van der Waals surface area contributed by atoms with Gasteiger partial charge in [-0.2, -0.15) is 0 Å². The molecule has 0 aromatic carbocycles. The quantitative estimate of drug-likeness (QED) is 0.0115. The summed E-state index contributed by atoms with van der Waals surface area (Å²) in [7, 11) is -5.15. The lowest BCUT2D eigenvalue weighted by Crippen LogP contribution is -2.64. The Hall–Kier alpha value is -2.75. The lowest BCUT2D eigenvalue weighted by molar-refractivity contribution is -0.220.